The molecule has 0 saturated carbocycles. The Labute approximate surface area is 148 Å². The lowest BCUT2D eigenvalue weighted by Crippen LogP contribution is -2.44. The van der Waals surface area contributed by atoms with Gasteiger partial charge in [0, 0.05) is 21.9 Å². The molecule has 0 aliphatic rings. The summed E-state index contributed by atoms with van der Waals surface area (Å²) < 4.78 is 48.9. The molecule has 24 heavy (non-hydrogen) atoms. The summed E-state index contributed by atoms with van der Waals surface area (Å²) in [6.07, 6.45) is 0. The number of nitrogens with one attached hydrogen (secondary N) is 1. The average Bonchev–Trinajstić information content (AvgIpc) is 2.44. The lowest BCUT2D eigenvalue weighted by Gasteiger charge is -2.28. The van der Waals surface area contributed by atoms with Crippen LogP contribution in [-0.4, -0.2) is 28.5 Å². The third-order valence-corrected chi connectivity index (χ3v) is 4.71. The topological polar surface area (TPSA) is 70.6 Å². The summed E-state index contributed by atoms with van der Waals surface area (Å²) in [6, 6.07) is 2.77. The Bertz CT molecular complexity index is 569. The smallest absolute Gasteiger partial charge is 0.387 e. The van der Waals surface area contributed by atoms with Gasteiger partial charge in [-0.25, -0.2) is 4.79 Å². The summed E-state index contributed by atoms with van der Waals surface area (Å²) in [7, 11) is 0. The summed E-state index contributed by atoms with van der Waals surface area (Å²) >= 11 is 4.40. The number of carbonyl (C=O) groups excluding carboxylic acids is 1. The molecule has 0 bridgehead atoms. The third-order valence-electron chi connectivity index (χ3n) is 2.82. The van der Waals surface area contributed by atoms with E-state index in [1.807, 2.05) is 0 Å². The summed E-state index contributed by atoms with van der Waals surface area (Å²) in [6.45, 7) is 3.65. The van der Waals surface area contributed by atoms with E-state index in [0.29, 0.717) is 0 Å². The SMILES string of the molecule is CCOC(=O)C(N[S+]([O-])C(C)(C)C)c1c(Cl)cccc1OC(F)F. The zero-order valence-corrected chi connectivity index (χ0v) is 15.3. The van der Waals surface area contributed by atoms with Crippen molar-refractivity contribution in [3.63, 3.8) is 0 Å². The van der Waals surface area contributed by atoms with Crippen molar-refractivity contribution in [3.05, 3.63) is 28.8 Å². The molecule has 2 unspecified atom stereocenters. The monoisotopic (exact) mass is 383 g/mol. The number of ether oxygens (including phenoxy) is 2. The van der Waals surface area contributed by atoms with Crippen LogP contribution in [0.5, 0.6) is 5.75 Å². The molecule has 0 amide bonds. The first-order chi connectivity index (χ1) is 11.1. The van der Waals surface area contributed by atoms with Crippen molar-refractivity contribution in [3.8, 4) is 5.75 Å². The van der Waals surface area contributed by atoms with Crippen molar-refractivity contribution in [2.24, 2.45) is 0 Å². The molecule has 136 valence electrons. The van der Waals surface area contributed by atoms with E-state index in [1.54, 1.807) is 27.7 Å². The molecule has 1 N–H and O–H groups in total. The molecule has 5 nitrogen and oxygen atoms in total. The Morgan fingerprint density at radius 1 is 1.42 bits per heavy atom. The maximum absolute atomic E-state index is 12.6. The van der Waals surface area contributed by atoms with E-state index in [-0.39, 0.29) is 22.9 Å². The molecule has 0 fully saturated rings. The molecule has 0 heterocycles. The van der Waals surface area contributed by atoms with Crippen molar-refractivity contribution >= 4 is 28.9 Å². The third kappa shape index (κ3) is 5.77. The molecule has 0 aromatic heterocycles. The van der Waals surface area contributed by atoms with Gasteiger partial charge in [-0.1, -0.05) is 17.7 Å². The molecule has 0 saturated heterocycles. The summed E-state index contributed by atoms with van der Waals surface area (Å²) in [5.41, 5.74) is -0.0458. The van der Waals surface area contributed by atoms with Crippen LogP contribution in [0.3, 0.4) is 0 Å². The number of halogens is 3. The summed E-state index contributed by atoms with van der Waals surface area (Å²) in [5, 5.41) is 0.0182. The van der Waals surface area contributed by atoms with Crippen LogP contribution in [0.1, 0.15) is 39.3 Å². The lowest BCUT2D eigenvalue weighted by atomic mass is 10.1. The number of rotatable bonds is 7. The average molecular weight is 384 g/mol. The fraction of sp³-hybridized carbons (Fsp3) is 0.533. The first kappa shape index (κ1) is 21.0. The molecule has 0 radical (unpaired) electrons. The first-order valence-electron chi connectivity index (χ1n) is 7.15. The Morgan fingerprint density at radius 2 is 2.04 bits per heavy atom. The molecule has 1 aromatic rings. The highest BCUT2D eigenvalue weighted by Gasteiger charge is 2.37. The quantitative estimate of drug-likeness (QED) is 0.575. The number of benzene rings is 1. The summed E-state index contributed by atoms with van der Waals surface area (Å²) in [4.78, 5) is 12.3. The zero-order chi connectivity index (χ0) is 18.5. The maximum atomic E-state index is 12.6. The molecule has 0 aliphatic carbocycles. The molecule has 1 rings (SSSR count). The minimum Gasteiger partial charge on any atom is -0.598 e. The molecular formula is C15H20ClF2NO4S. The molecular weight excluding hydrogens is 364 g/mol. The molecule has 2 atom stereocenters. The van der Waals surface area contributed by atoms with Gasteiger partial charge in [0.1, 0.15) is 10.5 Å². The first-order valence-corrected chi connectivity index (χ1v) is 8.68. The van der Waals surface area contributed by atoms with Gasteiger partial charge in [-0.05, 0) is 39.8 Å². The van der Waals surface area contributed by atoms with E-state index in [0.717, 1.165) is 0 Å². The van der Waals surface area contributed by atoms with Gasteiger partial charge in [0.2, 0.25) is 0 Å². The van der Waals surface area contributed by atoms with Gasteiger partial charge in [-0.15, -0.1) is 4.72 Å². The fourth-order valence-corrected chi connectivity index (χ4v) is 2.79. The van der Waals surface area contributed by atoms with Crippen molar-refractivity contribution in [2.45, 2.75) is 45.1 Å². The van der Waals surface area contributed by atoms with Gasteiger partial charge >= 0.3 is 12.6 Å². The Hall–Kier alpha value is -1.09. The van der Waals surface area contributed by atoms with Crippen LogP contribution in [0.4, 0.5) is 8.78 Å². The van der Waals surface area contributed by atoms with E-state index < -0.39 is 34.7 Å². The van der Waals surface area contributed by atoms with Gasteiger partial charge in [0.05, 0.1) is 6.61 Å². The van der Waals surface area contributed by atoms with Crippen LogP contribution >= 0.6 is 11.6 Å². The minimum atomic E-state index is -3.10. The predicted molar refractivity (Wildman–Crippen MR) is 88.5 cm³/mol. The van der Waals surface area contributed by atoms with Crippen LogP contribution in [0, 0.1) is 0 Å². The normalized spacial score (nSPS) is 14.4. The number of alkyl halides is 2. The largest absolute Gasteiger partial charge is 0.598 e. The molecule has 1 aromatic carbocycles. The van der Waals surface area contributed by atoms with Crippen molar-refractivity contribution in [2.75, 3.05) is 6.61 Å². The second-order valence-electron chi connectivity index (χ2n) is 5.71. The predicted octanol–water partition coefficient (Wildman–Crippen LogP) is 3.60. The zero-order valence-electron chi connectivity index (χ0n) is 13.8. The second kappa shape index (κ2) is 8.84. The van der Waals surface area contributed by atoms with Gasteiger partial charge < -0.3 is 14.0 Å². The Kier molecular flexibility index (Phi) is 7.72. The van der Waals surface area contributed by atoms with Gasteiger partial charge in [-0.2, -0.15) is 8.78 Å². The van der Waals surface area contributed by atoms with E-state index in [4.69, 9.17) is 16.3 Å². The van der Waals surface area contributed by atoms with E-state index in [1.165, 1.54) is 18.2 Å². The highest BCUT2D eigenvalue weighted by atomic mass is 35.5. The Balaban J connectivity index is 3.31. The van der Waals surface area contributed by atoms with Gasteiger partial charge in [-0.3, -0.25) is 0 Å². The molecule has 0 spiro atoms. The lowest BCUT2D eigenvalue weighted by molar-refractivity contribution is -0.145. The number of hydrogen-bond donors (Lipinski definition) is 1. The van der Waals surface area contributed by atoms with Crippen molar-refractivity contribution < 1.29 is 27.6 Å². The van der Waals surface area contributed by atoms with E-state index >= 15 is 0 Å². The van der Waals surface area contributed by atoms with Crippen LogP contribution < -0.4 is 9.46 Å². The number of carbonyl (C=O) groups is 1. The van der Waals surface area contributed by atoms with Crippen LogP contribution in [0.15, 0.2) is 18.2 Å². The van der Waals surface area contributed by atoms with Crippen LogP contribution in [-0.2, 0) is 20.9 Å². The number of esters is 1. The highest BCUT2D eigenvalue weighted by Crippen LogP contribution is 2.35. The fourth-order valence-electron chi connectivity index (χ4n) is 1.73. The summed E-state index contributed by atoms with van der Waals surface area (Å²) in [5.74, 6) is -1.07. The van der Waals surface area contributed by atoms with Crippen LogP contribution in [0.25, 0.3) is 0 Å². The van der Waals surface area contributed by atoms with E-state index in [9.17, 15) is 18.1 Å². The maximum Gasteiger partial charge on any atom is 0.387 e. The van der Waals surface area contributed by atoms with Crippen molar-refractivity contribution in [1.82, 2.24) is 4.72 Å². The second-order valence-corrected chi connectivity index (χ2v) is 8.12. The minimum absolute atomic E-state index is 0.0182. The number of hydrogen-bond acceptors (Lipinski definition) is 5. The highest BCUT2D eigenvalue weighted by molar-refractivity contribution is 7.90. The molecule has 0 aliphatic heterocycles. The molecule has 9 heteroatoms. The standard InChI is InChI=1S/C15H20ClF2NO4S/c1-5-22-13(20)12(19-24(21)15(2,3)4)11-9(16)7-6-8-10(11)23-14(17)18/h6-8,12,14,19H,5H2,1-4H3. The Morgan fingerprint density at radius 3 is 2.54 bits per heavy atom. The van der Waals surface area contributed by atoms with Gasteiger partial charge in [0.15, 0.2) is 6.04 Å². The van der Waals surface area contributed by atoms with E-state index in [2.05, 4.69) is 9.46 Å². The van der Waals surface area contributed by atoms with Gasteiger partial charge in [0.25, 0.3) is 0 Å². The van der Waals surface area contributed by atoms with Crippen molar-refractivity contribution in [1.29, 1.82) is 0 Å². The van der Waals surface area contributed by atoms with Crippen LogP contribution in [0.2, 0.25) is 5.02 Å².